The maximum absolute atomic E-state index is 14.0. The van der Waals surface area contributed by atoms with Crippen LogP contribution in [-0.2, 0) is 16.6 Å². The zero-order valence-electron chi connectivity index (χ0n) is 19.3. The molecule has 4 aromatic rings. The quantitative estimate of drug-likeness (QED) is 0.367. The SMILES string of the molecule is NS(=O)(=O)c1ccc(N2N=C(c3ccc(OCc4ccccc4)cc3)CC2c2cccc(F)c2)cc1. The van der Waals surface area contributed by atoms with E-state index in [1.54, 1.807) is 23.2 Å². The lowest BCUT2D eigenvalue weighted by Gasteiger charge is -2.24. The van der Waals surface area contributed by atoms with Gasteiger partial charge in [0.25, 0.3) is 0 Å². The predicted molar refractivity (Wildman–Crippen MR) is 138 cm³/mol. The second-order valence-corrected chi connectivity index (χ2v) is 10.1. The minimum atomic E-state index is -3.81. The Bertz CT molecular complexity index is 1490. The fourth-order valence-corrected chi connectivity index (χ4v) is 4.68. The van der Waals surface area contributed by atoms with Gasteiger partial charge in [-0.15, -0.1) is 0 Å². The van der Waals surface area contributed by atoms with E-state index >= 15 is 0 Å². The molecule has 4 aromatic carbocycles. The molecule has 0 amide bonds. The van der Waals surface area contributed by atoms with E-state index in [0.717, 1.165) is 28.2 Å². The number of ether oxygens (including phenoxy) is 1. The van der Waals surface area contributed by atoms with Crippen molar-refractivity contribution < 1.29 is 17.5 Å². The van der Waals surface area contributed by atoms with E-state index in [1.165, 1.54) is 24.3 Å². The summed E-state index contributed by atoms with van der Waals surface area (Å²) in [5.41, 5.74) is 4.28. The molecule has 182 valence electrons. The fourth-order valence-electron chi connectivity index (χ4n) is 4.17. The molecule has 0 aliphatic carbocycles. The average Bonchev–Trinajstić information content (AvgIpc) is 3.34. The van der Waals surface area contributed by atoms with Gasteiger partial charge in [0.1, 0.15) is 18.2 Å². The lowest BCUT2D eigenvalue weighted by Crippen LogP contribution is -2.19. The van der Waals surface area contributed by atoms with Gasteiger partial charge in [0.2, 0.25) is 10.0 Å². The van der Waals surface area contributed by atoms with Gasteiger partial charge in [-0.25, -0.2) is 17.9 Å². The Hall–Kier alpha value is -4.01. The number of halogens is 1. The molecule has 8 heteroatoms. The number of rotatable bonds is 7. The number of sulfonamides is 1. The van der Waals surface area contributed by atoms with Crippen LogP contribution >= 0.6 is 0 Å². The van der Waals surface area contributed by atoms with Crippen molar-refractivity contribution in [3.05, 3.63) is 126 Å². The normalized spacial score (nSPS) is 15.6. The minimum absolute atomic E-state index is 0.0167. The third-order valence-corrected chi connectivity index (χ3v) is 6.94. The summed E-state index contributed by atoms with van der Waals surface area (Å²) in [6.07, 6.45) is 0.546. The molecule has 0 saturated heterocycles. The molecule has 0 saturated carbocycles. The number of hydrazone groups is 1. The van der Waals surface area contributed by atoms with Crippen LogP contribution in [0.15, 0.2) is 113 Å². The predicted octanol–water partition coefficient (Wildman–Crippen LogP) is 5.41. The molecule has 0 spiro atoms. The Morgan fingerprint density at radius 3 is 2.31 bits per heavy atom. The topological polar surface area (TPSA) is 85.0 Å². The molecule has 0 aromatic heterocycles. The van der Waals surface area contributed by atoms with Crippen molar-refractivity contribution in [2.24, 2.45) is 10.2 Å². The summed E-state index contributed by atoms with van der Waals surface area (Å²) in [7, 11) is -3.81. The lowest BCUT2D eigenvalue weighted by atomic mass is 9.98. The van der Waals surface area contributed by atoms with E-state index in [4.69, 9.17) is 15.0 Å². The maximum atomic E-state index is 14.0. The van der Waals surface area contributed by atoms with E-state index in [2.05, 4.69) is 0 Å². The van der Waals surface area contributed by atoms with Crippen molar-refractivity contribution in [1.29, 1.82) is 0 Å². The molecule has 6 nitrogen and oxygen atoms in total. The highest BCUT2D eigenvalue weighted by atomic mass is 32.2. The number of primary sulfonamides is 1. The Kier molecular flexibility index (Phi) is 6.54. The van der Waals surface area contributed by atoms with Crippen LogP contribution in [0.3, 0.4) is 0 Å². The number of anilines is 1. The zero-order chi connectivity index (χ0) is 25.1. The fraction of sp³-hybridized carbons (Fsp3) is 0.107. The van der Waals surface area contributed by atoms with Crippen molar-refractivity contribution in [1.82, 2.24) is 0 Å². The van der Waals surface area contributed by atoms with Gasteiger partial charge in [0.15, 0.2) is 0 Å². The van der Waals surface area contributed by atoms with Crippen LogP contribution < -0.4 is 14.9 Å². The van der Waals surface area contributed by atoms with E-state index < -0.39 is 10.0 Å². The van der Waals surface area contributed by atoms with Gasteiger partial charge < -0.3 is 4.74 Å². The molecule has 1 aliphatic heterocycles. The standard InChI is InChI=1S/C28H24FN3O3S/c29-23-8-4-7-22(17-23)28-18-27(31-32(28)24-11-15-26(16-12-24)36(30,33)34)21-9-13-25(14-10-21)35-19-20-5-2-1-3-6-20/h1-17,28H,18-19H2,(H2,30,33,34). The molecule has 1 heterocycles. The molecule has 1 aliphatic rings. The summed E-state index contributed by atoms with van der Waals surface area (Å²) in [6, 6.07) is 30.0. The number of benzene rings is 4. The molecule has 5 rings (SSSR count). The summed E-state index contributed by atoms with van der Waals surface area (Å²) in [5, 5.41) is 11.9. The van der Waals surface area contributed by atoms with E-state index in [9.17, 15) is 12.8 Å². The second kappa shape index (κ2) is 9.93. The molecule has 1 unspecified atom stereocenters. The largest absolute Gasteiger partial charge is 0.489 e. The van der Waals surface area contributed by atoms with Crippen LogP contribution in [0.2, 0.25) is 0 Å². The molecular weight excluding hydrogens is 477 g/mol. The summed E-state index contributed by atoms with van der Waals surface area (Å²) in [6.45, 7) is 0.477. The lowest BCUT2D eigenvalue weighted by molar-refractivity contribution is 0.306. The first kappa shape index (κ1) is 23.7. The van der Waals surface area contributed by atoms with Crippen LogP contribution in [0.1, 0.15) is 29.2 Å². The van der Waals surface area contributed by atoms with Crippen molar-refractivity contribution >= 4 is 21.4 Å². The van der Waals surface area contributed by atoms with Crippen molar-refractivity contribution in [2.45, 2.75) is 24.0 Å². The van der Waals surface area contributed by atoms with Crippen LogP contribution in [0.4, 0.5) is 10.1 Å². The van der Waals surface area contributed by atoms with E-state index in [0.29, 0.717) is 18.7 Å². The first-order chi connectivity index (χ1) is 17.4. The summed E-state index contributed by atoms with van der Waals surface area (Å²) >= 11 is 0. The first-order valence-corrected chi connectivity index (χ1v) is 12.9. The van der Waals surface area contributed by atoms with Gasteiger partial charge in [-0.05, 0) is 77.4 Å². The molecule has 2 N–H and O–H groups in total. The van der Waals surface area contributed by atoms with Gasteiger partial charge in [-0.3, -0.25) is 5.01 Å². The molecule has 36 heavy (non-hydrogen) atoms. The van der Waals surface area contributed by atoms with Crippen LogP contribution in [0.5, 0.6) is 5.75 Å². The Balaban J connectivity index is 1.41. The Morgan fingerprint density at radius 2 is 1.64 bits per heavy atom. The highest BCUT2D eigenvalue weighted by Crippen LogP contribution is 2.37. The average molecular weight is 502 g/mol. The van der Waals surface area contributed by atoms with Crippen molar-refractivity contribution in [3.8, 4) is 5.75 Å². The van der Waals surface area contributed by atoms with Gasteiger partial charge in [-0.2, -0.15) is 5.10 Å². The highest BCUT2D eigenvalue weighted by Gasteiger charge is 2.30. The van der Waals surface area contributed by atoms with Gasteiger partial charge in [0.05, 0.1) is 22.3 Å². The van der Waals surface area contributed by atoms with Gasteiger partial charge in [0, 0.05) is 6.42 Å². The van der Waals surface area contributed by atoms with Crippen LogP contribution in [0, 0.1) is 5.82 Å². The van der Waals surface area contributed by atoms with Gasteiger partial charge >= 0.3 is 0 Å². The van der Waals surface area contributed by atoms with Gasteiger partial charge in [-0.1, -0.05) is 42.5 Å². The second-order valence-electron chi connectivity index (χ2n) is 8.50. The van der Waals surface area contributed by atoms with Crippen LogP contribution in [0.25, 0.3) is 0 Å². The summed E-state index contributed by atoms with van der Waals surface area (Å²) in [4.78, 5) is 0.0167. The monoisotopic (exact) mass is 501 g/mol. The molecular formula is C28H24FN3O3S. The first-order valence-electron chi connectivity index (χ1n) is 11.4. The number of nitrogens with two attached hydrogens (primary N) is 1. The smallest absolute Gasteiger partial charge is 0.238 e. The molecule has 0 radical (unpaired) electrons. The summed E-state index contributed by atoms with van der Waals surface area (Å²) in [5.74, 6) is 0.420. The highest BCUT2D eigenvalue weighted by molar-refractivity contribution is 7.89. The number of hydrogen-bond acceptors (Lipinski definition) is 5. The number of hydrogen-bond donors (Lipinski definition) is 1. The van der Waals surface area contributed by atoms with E-state index in [1.807, 2.05) is 60.7 Å². The Labute approximate surface area is 209 Å². The molecule has 0 fully saturated rings. The zero-order valence-corrected chi connectivity index (χ0v) is 20.1. The molecule has 1 atom stereocenters. The van der Waals surface area contributed by atoms with Crippen molar-refractivity contribution in [2.75, 3.05) is 5.01 Å². The van der Waals surface area contributed by atoms with Crippen molar-refractivity contribution in [3.63, 3.8) is 0 Å². The van der Waals surface area contributed by atoms with E-state index in [-0.39, 0.29) is 16.8 Å². The third kappa shape index (κ3) is 5.30. The van der Waals surface area contributed by atoms with Crippen LogP contribution in [-0.4, -0.2) is 14.1 Å². The summed E-state index contributed by atoms with van der Waals surface area (Å²) < 4.78 is 43.3. The maximum Gasteiger partial charge on any atom is 0.238 e. The minimum Gasteiger partial charge on any atom is -0.489 e. The molecule has 0 bridgehead atoms. The third-order valence-electron chi connectivity index (χ3n) is 6.01. The number of nitrogens with zero attached hydrogens (tertiary/aromatic N) is 2. The Morgan fingerprint density at radius 1 is 0.917 bits per heavy atom.